The van der Waals surface area contributed by atoms with Crippen molar-refractivity contribution in [3.05, 3.63) is 0 Å². The van der Waals surface area contributed by atoms with Crippen LogP contribution in [-0.4, -0.2) is 14.1 Å². The number of hydrogen-bond acceptors (Lipinski definition) is 3. The van der Waals surface area contributed by atoms with Gasteiger partial charge in [-0.3, -0.25) is 4.21 Å². The molecule has 0 bridgehead atoms. The van der Waals surface area contributed by atoms with E-state index in [0.717, 1.165) is 0 Å². The Labute approximate surface area is 87.7 Å². The zero-order chi connectivity index (χ0) is 5.15. The molecule has 0 aliphatic carbocycles. The molecule has 0 saturated heterocycles. The minimum atomic E-state index is -2.09. The van der Waals surface area contributed by atoms with E-state index in [-0.39, 0.29) is 51.4 Å². The largest absolute Gasteiger partial charge is 1.00 e. The Morgan fingerprint density at radius 2 is 2.00 bits per heavy atom. The monoisotopic (exact) mass is 147 g/mol. The van der Waals surface area contributed by atoms with Crippen LogP contribution in [0.1, 0.15) is 6.92 Å². The first-order chi connectivity index (χ1) is 2.64. The Hall–Kier alpha value is 1.71. The molecule has 2 atom stereocenters. The molecule has 2 N–H and O–H groups in total. The molecule has 7 heavy (non-hydrogen) atoms. The van der Waals surface area contributed by atoms with Crippen LogP contribution in [0.25, 0.3) is 0 Å². The van der Waals surface area contributed by atoms with E-state index in [1.807, 2.05) is 0 Å². The predicted octanol–water partition coefficient (Wildman–Crippen LogP) is -3.83. The minimum Gasteiger partial charge on any atom is -0.771 e. The molecule has 0 radical (unpaired) electrons. The second-order valence-corrected chi connectivity index (χ2v) is 2.23. The Bertz CT molecular complexity index is 66.7. The van der Waals surface area contributed by atoms with E-state index in [4.69, 9.17) is 5.73 Å². The average molecular weight is 147 g/mol. The van der Waals surface area contributed by atoms with Gasteiger partial charge in [0.15, 0.2) is 0 Å². The molecule has 0 amide bonds. The van der Waals surface area contributed by atoms with E-state index in [1.54, 1.807) is 0 Å². The van der Waals surface area contributed by atoms with Crippen molar-refractivity contribution in [1.82, 2.24) is 0 Å². The molecule has 0 heterocycles. The van der Waals surface area contributed by atoms with Crippen molar-refractivity contribution in [3.63, 3.8) is 0 Å². The summed E-state index contributed by atoms with van der Waals surface area (Å²) in [6, 6.07) is 0. The van der Waals surface area contributed by atoms with Gasteiger partial charge >= 0.3 is 51.4 Å². The van der Waals surface area contributed by atoms with Crippen molar-refractivity contribution < 1.29 is 60.1 Å². The van der Waals surface area contributed by atoms with E-state index >= 15 is 0 Å². The van der Waals surface area contributed by atoms with Crippen LogP contribution in [0.15, 0.2) is 0 Å². The molecule has 2 unspecified atom stereocenters. The second kappa shape index (κ2) is 5.84. The van der Waals surface area contributed by atoms with Crippen molar-refractivity contribution in [2.75, 3.05) is 0 Å². The van der Waals surface area contributed by atoms with E-state index in [1.165, 1.54) is 6.92 Å². The van der Waals surface area contributed by atoms with Crippen LogP contribution in [0.2, 0.25) is 0 Å². The molecule has 0 aliphatic rings. The minimum absolute atomic E-state index is 0. The summed E-state index contributed by atoms with van der Waals surface area (Å²) in [6.07, 6.45) is 0. The maximum absolute atomic E-state index is 9.57. The summed E-state index contributed by atoms with van der Waals surface area (Å²) in [6.45, 7) is 1.41. The topological polar surface area (TPSA) is 66.2 Å². The van der Waals surface area contributed by atoms with E-state index < -0.39 is 16.5 Å². The van der Waals surface area contributed by atoms with Gasteiger partial charge in [0.25, 0.3) is 0 Å². The molecule has 3 nitrogen and oxygen atoms in total. The SMILES string of the molecule is CC(N)S(=O)[O-].[K+]. The normalized spacial score (nSPS) is 17.0. The fraction of sp³-hybridized carbons (Fsp3) is 1.00. The van der Waals surface area contributed by atoms with Crippen LogP contribution in [0.3, 0.4) is 0 Å². The first-order valence-electron chi connectivity index (χ1n) is 1.48. The number of nitrogens with two attached hydrogens (primary N) is 1. The molecule has 0 rings (SSSR count). The number of hydrogen-bond donors (Lipinski definition) is 1. The summed E-state index contributed by atoms with van der Waals surface area (Å²) in [7, 11) is 0. The van der Waals surface area contributed by atoms with Gasteiger partial charge in [0.05, 0.1) is 5.37 Å². The maximum Gasteiger partial charge on any atom is 1.00 e. The molecule has 0 aliphatic heterocycles. The van der Waals surface area contributed by atoms with Gasteiger partial charge < -0.3 is 10.3 Å². The molecule has 5 heteroatoms. The van der Waals surface area contributed by atoms with Gasteiger partial charge in [-0.25, -0.2) is 0 Å². The molecular weight excluding hydrogens is 141 g/mol. The molecule has 0 aromatic carbocycles. The smallest absolute Gasteiger partial charge is 0.771 e. The van der Waals surface area contributed by atoms with Crippen molar-refractivity contribution in [2.45, 2.75) is 12.3 Å². The van der Waals surface area contributed by atoms with E-state index in [0.29, 0.717) is 0 Å². The van der Waals surface area contributed by atoms with Crippen LogP contribution >= 0.6 is 0 Å². The van der Waals surface area contributed by atoms with Gasteiger partial charge in [0.1, 0.15) is 0 Å². The molecular formula is C2H6KNO2S. The third-order valence-corrected chi connectivity index (χ3v) is 0.911. The third-order valence-electron chi connectivity index (χ3n) is 0.304. The molecule has 0 aromatic rings. The van der Waals surface area contributed by atoms with Crippen molar-refractivity contribution >= 4 is 11.1 Å². The molecule has 0 fully saturated rings. The molecule has 38 valence electrons. The molecule has 0 spiro atoms. The van der Waals surface area contributed by atoms with Crippen molar-refractivity contribution in [3.8, 4) is 0 Å². The standard InChI is InChI=1S/C2H7NO2S.K/c1-2(3)6(4)5;/h2H,3H2,1H3,(H,4,5);/q;+1/p-1. The maximum atomic E-state index is 9.57. The average Bonchev–Trinajstić information content (AvgIpc) is 1.36. The summed E-state index contributed by atoms with van der Waals surface area (Å²) in [4.78, 5) is 0. The molecule has 0 aromatic heterocycles. The van der Waals surface area contributed by atoms with Crippen LogP contribution in [0.4, 0.5) is 0 Å². The van der Waals surface area contributed by atoms with Crippen LogP contribution in [-0.2, 0) is 11.1 Å². The predicted molar refractivity (Wildman–Crippen MR) is 22.6 cm³/mol. The van der Waals surface area contributed by atoms with Crippen molar-refractivity contribution in [1.29, 1.82) is 0 Å². The fourth-order valence-corrected chi connectivity index (χ4v) is 0. The van der Waals surface area contributed by atoms with Gasteiger partial charge in [0, 0.05) is 0 Å². The zero-order valence-electron chi connectivity index (χ0n) is 4.38. The molecule has 0 saturated carbocycles. The van der Waals surface area contributed by atoms with Crippen molar-refractivity contribution in [2.24, 2.45) is 5.73 Å². The van der Waals surface area contributed by atoms with Gasteiger partial charge in [0.2, 0.25) is 0 Å². The Kier molecular flexibility index (Phi) is 9.58. The fourth-order valence-electron chi connectivity index (χ4n) is 0. The third kappa shape index (κ3) is 7.71. The van der Waals surface area contributed by atoms with Gasteiger partial charge in [-0.15, -0.1) is 0 Å². The van der Waals surface area contributed by atoms with E-state index in [2.05, 4.69) is 0 Å². The van der Waals surface area contributed by atoms with E-state index in [9.17, 15) is 8.76 Å². The summed E-state index contributed by atoms with van der Waals surface area (Å²) >= 11 is -2.09. The Morgan fingerprint density at radius 3 is 2.00 bits per heavy atom. The van der Waals surface area contributed by atoms with Crippen LogP contribution in [0, 0.1) is 0 Å². The van der Waals surface area contributed by atoms with Gasteiger partial charge in [-0.05, 0) is 18.0 Å². The Balaban J connectivity index is 0. The van der Waals surface area contributed by atoms with Crippen LogP contribution < -0.4 is 57.1 Å². The Morgan fingerprint density at radius 1 is 1.86 bits per heavy atom. The van der Waals surface area contributed by atoms with Gasteiger partial charge in [-0.1, -0.05) is 0 Å². The quantitative estimate of drug-likeness (QED) is 0.305. The summed E-state index contributed by atoms with van der Waals surface area (Å²) < 4.78 is 19.1. The number of rotatable bonds is 1. The van der Waals surface area contributed by atoms with Gasteiger partial charge in [-0.2, -0.15) is 0 Å². The van der Waals surface area contributed by atoms with Crippen LogP contribution in [0.5, 0.6) is 0 Å². The summed E-state index contributed by atoms with van der Waals surface area (Å²) in [5, 5.41) is -0.731. The second-order valence-electron chi connectivity index (χ2n) is 0.966. The first kappa shape index (κ1) is 11.5. The first-order valence-corrected chi connectivity index (χ1v) is 2.62. The summed E-state index contributed by atoms with van der Waals surface area (Å²) in [5.74, 6) is 0. The summed E-state index contributed by atoms with van der Waals surface area (Å²) in [5.41, 5.74) is 4.82. The zero-order valence-corrected chi connectivity index (χ0v) is 8.32.